The summed E-state index contributed by atoms with van der Waals surface area (Å²) in [5.74, 6) is 0. The average molecular weight is 448 g/mol. The maximum absolute atomic E-state index is 13.3. The lowest BCUT2D eigenvalue weighted by Gasteiger charge is -2.34. The first-order chi connectivity index (χ1) is 13.2. The van der Waals surface area contributed by atoms with Crippen LogP contribution in [0.15, 0.2) is 99.6 Å². The Kier molecular flexibility index (Phi) is 5.77. The zero-order valence-electron chi connectivity index (χ0n) is 14.2. The van der Waals surface area contributed by atoms with E-state index in [9.17, 15) is 21.6 Å². The highest BCUT2D eigenvalue weighted by Gasteiger charge is 2.57. The van der Waals surface area contributed by atoms with Gasteiger partial charge in [-0.3, -0.25) is 3.63 Å². The van der Waals surface area contributed by atoms with Crippen molar-refractivity contribution in [1.29, 1.82) is 0 Å². The fourth-order valence-electron chi connectivity index (χ4n) is 2.59. The minimum absolute atomic E-state index is 0.321. The average Bonchev–Trinajstić information content (AvgIpc) is 2.67. The first-order valence-corrected chi connectivity index (χ1v) is 11.3. The number of hydrogen-bond donors (Lipinski definition) is 0. The number of hydrogen-bond acceptors (Lipinski definition) is 2. The van der Waals surface area contributed by atoms with Crippen molar-refractivity contribution in [2.24, 2.45) is 0 Å². The second-order valence-corrected chi connectivity index (χ2v) is 10.7. The van der Waals surface area contributed by atoms with E-state index in [0.717, 1.165) is 0 Å². The Morgan fingerprint density at radius 1 is 0.679 bits per heavy atom. The molecule has 0 saturated carbocycles. The van der Waals surface area contributed by atoms with Gasteiger partial charge < -0.3 is 0 Å². The van der Waals surface area contributed by atoms with Gasteiger partial charge >= 0.3 is 15.6 Å². The summed E-state index contributed by atoms with van der Waals surface area (Å²) in [6, 6.07) is 22.2. The van der Waals surface area contributed by atoms with Gasteiger partial charge in [-0.25, -0.2) is 0 Å². The Hall–Kier alpha value is -2.00. The second kappa shape index (κ2) is 7.79. The Bertz CT molecular complexity index is 1000. The fraction of sp³-hybridized carbons (Fsp3) is 0.0526. The Morgan fingerprint density at radius 3 is 1.46 bits per heavy atom. The molecule has 3 nitrogen and oxygen atoms in total. The van der Waals surface area contributed by atoms with E-state index in [1.54, 1.807) is 60.7 Å². The molecule has 1 N–H and O–H groups in total. The molecule has 3 aromatic carbocycles. The molecular weight excluding hydrogens is 433 g/mol. The van der Waals surface area contributed by atoms with Gasteiger partial charge in [0.1, 0.15) is 0 Å². The van der Waals surface area contributed by atoms with Crippen molar-refractivity contribution in [2.45, 2.75) is 20.2 Å². The van der Waals surface area contributed by atoms with E-state index in [0.29, 0.717) is 19.7 Å². The van der Waals surface area contributed by atoms with Gasteiger partial charge in [-0.1, -0.05) is 48.0 Å². The summed E-state index contributed by atoms with van der Waals surface area (Å²) in [6.07, 6.45) is 0. The van der Waals surface area contributed by atoms with Gasteiger partial charge in [-0.05, 0) is 48.5 Å². The zero-order valence-corrected chi connectivity index (χ0v) is 16.6. The predicted molar refractivity (Wildman–Crippen MR) is 104 cm³/mol. The van der Waals surface area contributed by atoms with Crippen molar-refractivity contribution in [2.75, 3.05) is 0 Å². The Morgan fingerprint density at radius 2 is 1.07 bits per heavy atom. The summed E-state index contributed by atoms with van der Waals surface area (Å²) in [4.78, 5) is 1.04. The van der Waals surface area contributed by atoms with Crippen LogP contribution in [0.3, 0.4) is 0 Å². The van der Waals surface area contributed by atoms with Crippen LogP contribution < -0.4 is 0 Å². The molecule has 0 spiro atoms. The van der Waals surface area contributed by atoms with Crippen molar-refractivity contribution in [1.82, 2.24) is 0 Å². The van der Waals surface area contributed by atoms with Gasteiger partial charge in [0, 0.05) is 5.02 Å². The molecule has 0 heterocycles. The van der Waals surface area contributed by atoms with Crippen molar-refractivity contribution in [3.8, 4) is 0 Å². The van der Waals surface area contributed by atoms with Gasteiger partial charge in [0.25, 0.3) is 0 Å². The normalized spacial score (nSPS) is 13.3. The lowest BCUT2D eigenvalue weighted by Crippen LogP contribution is -2.30. The second-order valence-electron chi connectivity index (χ2n) is 5.66. The molecule has 0 amide bonds. The lowest BCUT2D eigenvalue weighted by atomic mass is 10.4. The van der Waals surface area contributed by atoms with E-state index >= 15 is 0 Å². The van der Waals surface area contributed by atoms with Crippen LogP contribution in [0.2, 0.25) is 5.02 Å². The first kappa shape index (κ1) is 20.7. The molecule has 0 aliphatic carbocycles. The summed E-state index contributed by atoms with van der Waals surface area (Å²) >= 11 is 5.94. The van der Waals surface area contributed by atoms with Gasteiger partial charge in [0.05, 0.1) is 25.0 Å². The van der Waals surface area contributed by atoms with E-state index in [-0.39, 0.29) is 0 Å². The third kappa shape index (κ3) is 3.91. The molecule has 0 radical (unpaired) electrons. The Balaban J connectivity index is 2.38. The van der Waals surface area contributed by atoms with Crippen LogP contribution in [0.25, 0.3) is 0 Å². The molecule has 0 fully saturated rings. The summed E-state index contributed by atoms with van der Waals surface area (Å²) in [5, 5.41) is 0.372. The number of halogens is 4. The maximum atomic E-state index is 13.3. The van der Waals surface area contributed by atoms with E-state index in [2.05, 4.69) is 3.63 Å². The number of benzene rings is 3. The van der Waals surface area contributed by atoms with Crippen LogP contribution in [0, 0.1) is 0 Å². The lowest BCUT2D eigenvalue weighted by molar-refractivity contribution is -0.0540. The predicted octanol–water partition coefficient (Wildman–Crippen LogP) is 6.48. The van der Waals surface area contributed by atoms with Gasteiger partial charge in [-0.2, -0.15) is 13.2 Å². The molecule has 0 aliphatic heterocycles. The van der Waals surface area contributed by atoms with Crippen molar-refractivity contribution >= 4 is 32.0 Å². The molecule has 9 heteroatoms. The first-order valence-electron chi connectivity index (χ1n) is 7.91. The van der Waals surface area contributed by atoms with E-state index in [4.69, 9.17) is 11.6 Å². The van der Waals surface area contributed by atoms with E-state index < -0.39 is 25.9 Å². The molecule has 148 valence electrons. The minimum atomic E-state index is -5.78. The molecule has 28 heavy (non-hydrogen) atoms. The SMILES string of the molecule is O=S(=O)([OH+]S(c1ccccc1)(c1ccccc1)c1ccc(Cl)cc1)C(F)(F)F. The summed E-state index contributed by atoms with van der Waals surface area (Å²) < 4.78 is 67.7. The topological polar surface area (TPSA) is 46.9 Å². The van der Waals surface area contributed by atoms with Crippen LogP contribution in [0.1, 0.15) is 0 Å². The van der Waals surface area contributed by atoms with Crippen LogP contribution in [-0.2, 0) is 10.1 Å². The molecular formula is C19H15ClF3O3S2+. The standard InChI is InChI=1S/C19H14ClF3O3S2/c20-15-11-13-18(14-12-15)27(16-7-3-1-4-8-16,17-9-5-2-6-10-17)26-28(24,25)19(21,22)23/h1-14H/p+1. The van der Waals surface area contributed by atoms with Crippen LogP contribution in [0.5, 0.6) is 0 Å². The molecule has 3 rings (SSSR count). The fourth-order valence-corrected chi connectivity index (χ4v) is 7.72. The highest BCUT2D eigenvalue weighted by molar-refractivity contribution is 8.32. The van der Waals surface area contributed by atoms with Crippen molar-refractivity contribution < 1.29 is 25.2 Å². The summed E-state index contributed by atoms with van der Waals surface area (Å²) in [7, 11) is -8.91. The summed E-state index contributed by atoms with van der Waals surface area (Å²) in [5.41, 5.74) is -5.51. The van der Waals surface area contributed by atoms with E-state index in [1.165, 1.54) is 24.3 Å². The van der Waals surface area contributed by atoms with Crippen LogP contribution >= 0.6 is 21.9 Å². The highest BCUT2D eigenvalue weighted by Crippen LogP contribution is 2.68. The molecule has 0 atom stereocenters. The molecule has 0 aliphatic rings. The third-order valence-corrected chi connectivity index (χ3v) is 9.21. The number of alkyl halides is 3. The van der Waals surface area contributed by atoms with E-state index in [1.807, 2.05) is 0 Å². The van der Waals surface area contributed by atoms with Gasteiger partial charge in [0.2, 0.25) is 0 Å². The van der Waals surface area contributed by atoms with Crippen LogP contribution in [0.4, 0.5) is 13.2 Å². The zero-order chi connectivity index (χ0) is 20.4. The monoisotopic (exact) mass is 447 g/mol. The number of rotatable bonds is 5. The molecule has 0 unspecified atom stereocenters. The molecule has 0 saturated heterocycles. The molecule has 3 aromatic rings. The summed E-state index contributed by atoms with van der Waals surface area (Å²) in [6.45, 7) is 0. The largest absolute Gasteiger partial charge is 0.572 e. The van der Waals surface area contributed by atoms with Gasteiger partial charge in [0.15, 0.2) is 0 Å². The third-order valence-electron chi connectivity index (χ3n) is 3.83. The quantitative estimate of drug-likeness (QED) is 0.255. The molecule has 0 aromatic heterocycles. The van der Waals surface area contributed by atoms with Crippen LogP contribution in [-0.4, -0.2) is 17.6 Å². The van der Waals surface area contributed by atoms with Crippen molar-refractivity contribution in [3.63, 3.8) is 0 Å². The highest BCUT2D eigenvalue weighted by atomic mass is 35.5. The minimum Gasteiger partial charge on any atom is -0.255 e. The maximum Gasteiger partial charge on any atom is 0.572 e. The smallest absolute Gasteiger partial charge is 0.255 e. The molecule has 0 bridgehead atoms. The Labute approximate surface area is 167 Å². The van der Waals surface area contributed by atoms with Crippen molar-refractivity contribution in [3.05, 3.63) is 90.0 Å². The van der Waals surface area contributed by atoms with Gasteiger partial charge in [-0.15, -0.1) is 8.42 Å².